The Morgan fingerprint density at radius 2 is 1.53 bits per heavy atom. The molecule has 0 spiro atoms. The molecule has 0 saturated carbocycles. The van der Waals surface area contributed by atoms with Crippen molar-refractivity contribution in [2.75, 3.05) is 39.8 Å². The van der Waals surface area contributed by atoms with Gasteiger partial charge in [0.15, 0.2) is 0 Å². The lowest BCUT2D eigenvalue weighted by molar-refractivity contribution is -0.139. The van der Waals surface area contributed by atoms with Crippen molar-refractivity contribution in [2.24, 2.45) is 0 Å². The number of rotatable bonds is 6. The minimum absolute atomic E-state index is 0.0441. The van der Waals surface area contributed by atoms with E-state index in [1.54, 1.807) is 0 Å². The van der Waals surface area contributed by atoms with Crippen molar-refractivity contribution in [1.82, 2.24) is 20.4 Å². The smallest absolute Gasteiger partial charge is 0.309 e. The van der Waals surface area contributed by atoms with Crippen LogP contribution in [0.4, 0.5) is 0 Å². The highest BCUT2D eigenvalue weighted by Crippen LogP contribution is 2.22. The molecule has 2 aromatic rings. The third-order valence-corrected chi connectivity index (χ3v) is 5.75. The number of carbonyl (C=O) groups excluding carboxylic acids is 2. The summed E-state index contributed by atoms with van der Waals surface area (Å²) in [6, 6.07) is 17.9. The molecule has 1 heterocycles. The van der Waals surface area contributed by atoms with E-state index < -0.39 is 11.8 Å². The normalized spacial score (nSPS) is 17.2. The van der Waals surface area contributed by atoms with Crippen LogP contribution in [0, 0.1) is 6.92 Å². The first-order chi connectivity index (χ1) is 14.4. The molecule has 2 atom stereocenters. The molecule has 1 aliphatic rings. The van der Waals surface area contributed by atoms with E-state index in [1.165, 1.54) is 5.56 Å². The monoisotopic (exact) mass is 408 g/mol. The molecule has 0 radical (unpaired) electrons. The van der Waals surface area contributed by atoms with Crippen molar-refractivity contribution in [3.63, 3.8) is 0 Å². The Hall–Kier alpha value is -2.70. The van der Waals surface area contributed by atoms with Gasteiger partial charge in [-0.05, 0) is 32.0 Å². The van der Waals surface area contributed by atoms with Gasteiger partial charge in [-0.25, -0.2) is 0 Å². The maximum Gasteiger partial charge on any atom is 0.309 e. The van der Waals surface area contributed by atoms with Crippen LogP contribution in [-0.2, 0) is 9.59 Å². The Bertz CT molecular complexity index is 830. The highest BCUT2D eigenvalue weighted by Gasteiger charge is 2.25. The summed E-state index contributed by atoms with van der Waals surface area (Å²) in [6.07, 6.45) is 0. The minimum atomic E-state index is -0.604. The first-order valence-corrected chi connectivity index (χ1v) is 10.6. The number of nitrogens with one attached hydrogen (secondary N) is 2. The van der Waals surface area contributed by atoms with Gasteiger partial charge in [-0.3, -0.25) is 14.5 Å². The lowest BCUT2D eigenvalue weighted by atomic mass is 10.0. The Labute approximate surface area is 179 Å². The molecule has 1 aliphatic heterocycles. The number of hydrogen-bond acceptors (Lipinski definition) is 4. The minimum Gasteiger partial charge on any atom is -0.346 e. The van der Waals surface area contributed by atoms with Gasteiger partial charge in [0.1, 0.15) is 0 Å². The molecule has 2 amide bonds. The molecule has 1 saturated heterocycles. The summed E-state index contributed by atoms with van der Waals surface area (Å²) in [6.45, 7) is 8.19. The summed E-state index contributed by atoms with van der Waals surface area (Å²) in [5.41, 5.74) is 3.33. The number of carbonyl (C=O) groups is 2. The largest absolute Gasteiger partial charge is 0.346 e. The van der Waals surface area contributed by atoms with Crippen molar-refractivity contribution >= 4 is 11.8 Å². The number of aryl methyl sites for hydroxylation is 1. The number of amides is 2. The maximum atomic E-state index is 12.5. The molecule has 2 aromatic carbocycles. The summed E-state index contributed by atoms with van der Waals surface area (Å²) in [5.74, 6) is -1.20. The molecule has 6 nitrogen and oxygen atoms in total. The predicted molar refractivity (Wildman–Crippen MR) is 119 cm³/mol. The number of likely N-dealkylation sites (N-methyl/N-ethyl adjacent to an activating group) is 1. The van der Waals surface area contributed by atoms with Crippen LogP contribution < -0.4 is 10.6 Å². The number of benzene rings is 2. The van der Waals surface area contributed by atoms with E-state index in [4.69, 9.17) is 0 Å². The molecule has 0 bridgehead atoms. The zero-order valence-electron chi connectivity index (χ0n) is 18.1. The zero-order chi connectivity index (χ0) is 21.5. The van der Waals surface area contributed by atoms with Crippen LogP contribution in [0.5, 0.6) is 0 Å². The molecule has 0 aliphatic carbocycles. The molecule has 160 valence electrons. The van der Waals surface area contributed by atoms with Gasteiger partial charge in [-0.1, -0.05) is 60.2 Å². The van der Waals surface area contributed by atoms with Crippen LogP contribution in [0.15, 0.2) is 54.6 Å². The number of nitrogens with zero attached hydrogens (tertiary/aromatic N) is 2. The van der Waals surface area contributed by atoms with Crippen molar-refractivity contribution in [3.05, 3.63) is 71.3 Å². The number of hydrogen-bond donors (Lipinski definition) is 2. The van der Waals surface area contributed by atoms with Gasteiger partial charge in [0.25, 0.3) is 0 Å². The van der Waals surface area contributed by atoms with Crippen molar-refractivity contribution in [1.29, 1.82) is 0 Å². The van der Waals surface area contributed by atoms with Gasteiger partial charge in [0.05, 0.1) is 12.1 Å². The molecular formula is C24H32N4O2. The van der Waals surface area contributed by atoms with Crippen molar-refractivity contribution in [3.8, 4) is 0 Å². The Morgan fingerprint density at radius 1 is 0.900 bits per heavy atom. The van der Waals surface area contributed by atoms with E-state index in [9.17, 15) is 9.59 Å². The van der Waals surface area contributed by atoms with Gasteiger partial charge in [0.2, 0.25) is 0 Å². The molecule has 0 aromatic heterocycles. The molecule has 0 unspecified atom stereocenters. The fourth-order valence-corrected chi connectivity index (χ4v) is 3.74. The zero-order valence-corrected chi connectivity index (χ0v) is 18.1. The van der Waals surface area contributed by atoms with E-state index in [1.807, 2.05) is 37.3 Å². The molecular weight excluding hydrogens is 376 g/mol. The van der Waals surface area contributed by atoms with E-state index in [0.29, 0.717) is 6.54 Å². The average molecular weight is 409 g/mol. The second kappa shape index (κ2) is 10.4. The number of piperazine rings is 1. The van der Waals surface area contributed by atoms with Crippen LogP contribution in [-0.4, -0.2) is 61.4 Å². The quantitative estimate of drug-likeness (QED) is 0.720. The van der Waals surface area contributed by atoms with Gasteiger partial charge in [-0.2, -0.15) is 0 Å². The van der Waals surface area contributed by atoms with Gasteiger partial charge >= 0.3 is 11.8 Å². The van der Waals surface area contributed by atoms with Crippen LogP contribution in [0.2, 0.25) is 0 Å². The SMILES string of the molecule is Cc1ccc([C@H](CNC(=O)C(=O)N[C@@H](C)c2ccccc2)N2CCN(C)CC2)cc1. The fourth-order valence-electron chi connectivity index (χ4n) is 3.74. The fraction of sp³-hybridized carbons (Fsp3) is 0.417. The van der Waals surface area contributed by atoms with E-state index >= 15 is 0 Å². The highest BCUT2D eigenvalue weighted by atomic mass is 16.2. The molecule has 30 heavy (non-hydrogen) atoms. The lowest BCUT2D eigenvalue weighted by Crippen LogP contribution is -2.49. The summed E-state index contributed by atoms with van der Waals surface area (Å²) < 4.78 is 0. The topological polar surface area (TPSA) is 64.7 Å². The van der Waals surface area contributed by atoms with E-state index in [0.717, 1.165) is 37.3 Å². The van der Waals surface area contributed by atoms with E-state index in [-0.39, 0.29) is 12.1 Å². The van der Waals surface area contributed by atoms with Crippen LogP contribution in [0.3, 0.4) is 0 Å². The standard InChI is InChI=1S/C24H32N4O2/c1-18-9-11-21(12-10-18)22(28-15-13-27(3)14-16-28)17-25-23(29)24(30)26-19(2)20-7-5-4-6-8-20/h4-12,19,22H,13-17H2,1-3H3,(H,25,29)(H,26,30)/t19-,22-/m0/s1. The highest BCUT2D eigenvalue weighted by molar-refractivity contribution is 6.35. The van der Waals surface area contributed by atoms with Gasteiger partial charge in [0, 0.05) is 32.7 Å². The summed E-state index contributed by atoms with van der Waals surface area (Å²) in [5, 5.41) is 5.64. The Balaban J connectivity index is 1.62. The second-order valence-electron chi connectivity index (χ2n) is 8.08. The van der Waals surface area contributed by atoms with Crippen molar-refractivity contribution < 1.29 is 9.59 Å². The summed E-state index contributed by atoms with van der Waals surface area (Å²) in [7, 11) is 2.12. The van der Waals surface area contributed by atoms with E-state index in [2.05, 4.69) is 58.7 Å². The van der Waals surface area contributed by atoms with Crippen molar-refractivity contribution in [2.45, 2.75) is 25.9 Å². The third-order valence-electron chi connectivity index (χ3n) is 5.75. The van der Waals surface area contributed by atoms with Crippen LogP contribution in [0.1, 0.15) is 35.7 Å². The second-order valence-corrected chi connectivity index (χ2v) is 8.08. The summed E-state index contributed by atoms with van der Waals surface area (Å²) >= 11 is 0. The molecule has 1 fully saturated rings. The maximum absolute atomic E-state index is 12.5. The average Bonchev–Trinajstić information content (AvgIpc) is 2.76. The summed E-state index contributed by atoms with van der Waals surface area (Å²) in [4.78, 5) is 29.6. The van der Waals surface area contributed by atoms with Crippen LogP contribution >= 0.6 is 0 Å². The predicted octanol–water partition coefficient (Wildman–Crippen LogP) is 2.28. The lowest BCUT2D eigenvalue weighted by Gasteiger charge is -2.38. The first-order valence-electron chi connectivity index (χ1n) is 10.6. The Kier molecular flexibility index (Phi) is 7.60. The third kappa shape index (κ3) is 5.90. The van der Waals surface area contributed by atoms with Gasteiger partial charge < -0.3 is 15.5 Å². The Morgan fingerprint density at radius 3 is 2.17 bits per heavy atom. The van der Waals surface area contributed by atoms with Crippen LogP contribution in [0.25, 0.3) is 0 Å². The molecule has 6 heteroatoms. The first kappa shape index (κ1) is 22.0. The molecule has 2 N–H and O–H groups in total. The molecule has 3 rings (SSSR count). The van der Waals surface area contributed by atoms with Gasteiger partial charge in [-0.15, -0.1) is 0 Å².